The zero-order chi connectivity index (χ0) is 17.1. The fourth-order valence-corrected chi connectivity index (χ4v) is 2.83. The number of benzene rings is 1. The van der Waals surface area contributed by atoms with Crippen LogP contribution >= 0.6 is 0 Å². The molecular weight excluding hydrogens is 316 g/mol. The predicted octanol–water partition coefficient (Wildman–Crippen LogP) is 0.320. The van der Waals surface area contributed by atoms with Gasteiger partial charge in [-0.25, -0.2) is 4.79 Å². The van der Waals surface area contributed by atoms with Gasteiger partial charge in [-0.05, 0) is 12.5 Å². The van der Waals surface area contributed by atoms with Crippen molar-refractivity contribution in [2.75, 3.05) is 32.8 Å². The number of nitro groups is 1. The molecule has 1 aromatic heterocycles. The summed E-state index contributed by atoms with van der Waals surface area (Å²) < 4.78 is 6.38. The number of fused-ring (bicyclic) bond motifs is 1. The maximum atomic E-state index is 12.5. The van der Waals surface area contributed by atoms with Gasteiger partial charge in [-0.1, -0.05) is 0 Å². The molecule has 2 aromatic rings. The van der Waals surface area contributed by atoms with Crippen molar-refractivity contribution in [3.05, 3.63) is 49.2 Å². The Balaban J connectivity index is 1.82. The molecule has 1 fully saturated rings. The van der Waals surface area contributed by atoms with E-state index < -0.39 is 16.2 Å². The van der Waals surface area contributed by atoms with Crippen LogP contribution < -0.4 is 11.2 Å². The number of non-ortho nitro benzene ring substituents is 1. The largest absolute Gasteiger partial charge is 0.379 e. The van der Waals surface area contributed by atoms with E-state index in [9.17, 15) is 19.7 Å². The van der Waals surface area contributed by atoms with Gasteiger partial charge in [-0.2, -0.15) is 0 Å². The predicted molar refractivity (Wildman–Crippen MR) is 87.4 cm³/mol. The molecule has 1 aliphatic rings. The SMILES string of the molecule is O=c1[nH]c2ccc([N+](=O)[O-])cc2c(=O)n1CCCN1CCOCC1. The van der Waals surface area contributed by atoms with Gasteiger partial charge in [0, 0.05) is 38.3 Å². The van der Waals surface area contributed by atoms with Gasteiger partial charge in [0.25, 0.3) is 11.2 Å². The van der Waals surface area contributed by atoms with E-state index in [1.807, 2.05) is 0 Å². The van der Waals surface area contributed by atoms with E-state index in [1.165, 1.54) is 18.2 Å². The van der Waals surface area contributed by atoms with Crippen molar-refractivity contribution in [2.24, 2.45) is 0 Å². The number of hydrogen-bond acceptors (Lipinski definition) is 6. The monoisotopic (exact) mass is 334 g/mol. The minimum absolute atomic E-state index is 0.148. The Morgan fingerprint density at radius 2 is 1.96 bits per heavy atom. The molecule has 0 aliphatic carbocycles. The van der Waals surface area contributed by atoms with Crippen LogP contribution in [0.15, 0.2) is 27.8 Å². The van der Waals surface area contributed by atoms with Crippen molar-refractivity contribution in [3.8, 4) is 0 Å². The Hall–Kier alpha value is -2.52. The van der Waals surface area contributed by atoms with Crippen LogP contribution in [0.3, 0.4) is 0 Å². The molecule has 0 radical (unpaired) electrons. The molecule has 0 bridgehead atoms. The van der Waals surface area contributed by atoms with E-state index in [-0.39, 0.29) is 17.6 Å². The van der Waals surface area contributed by atoms with E-state index in [2.05, 4.69) is 9.88 Å². The summed E-state index contributed by atoms with van der Waals surface area (Å²) in [5, 5.41) is 11.0. The molecule has 1 N–H and O–H groups in total. The summed E-state index contributed by atoms with van der Waals surface area (Å²) in [5.41, 5.74) is -0.866. The van der Waals surface area contributed by atoms with Gasteiger partial charge in [0.1, 0.15) is 0 Å². The van der Waals surface area contributed by atoms with Gasteiger partial charge >= 0.3 is 5.69 Å². The Morgan fingerprint density at radius 3 is 2.67 bits per heavy atom. The molecule has 9 nitrogen and oxygen atoms in total. The smallest absolute Gasteiger partial charge is 0.328 e. The highest BCUT2D eigenvalue weighted by atomic mass is 16.6. The minimum Gasteiger partial charge on any atom is -0.379 e. The van der Waals surface area contributed by atoms with Gasteiger partial charge in [-0.3, -0.25) is 24.4 Å². The Bertz CT molecular complexity index is 866. The molecule has 3 rings (SSSR count). The third-order valence-electron chi connectivity index (χ3n) is 4.14. The van der Waals surface area contributed by atoms with Crippen LogP contribution in [0.25, 0.3) is 10.9 Å². The summed E-state index contributed by atoms with van der Waals surface area (Å²) >= 11 is 0. The highest BCUT2D eigenvalue weighted by molar-refractivity contribution is 5.79. The van der Waals surface area contributed by atoms with Crippen molar-refractivity contribution >= 4 is 16.6 Å². The van der Waals surface area contributed by atoms with Crippen LogP contribution in [-0.4, -0.2) is 52.2 Å². The molecular formula is C15H18N4O5. The lowest BCUT2D eigenvalue weighted by atomic mass is 10.2. The number of nitrogens with zero attached hydrogens (tertiary/aromatic N) is 3. The lowest BCUT2D eigenvalue weighted by Gasteiger charge is -2.26. The number of morpholine rings is 1. The first-order valence-corrected chi connectivity index (χ1v) is 7.77. The number of hydrogen-bond donors (Lipinski definition) is 1. The van der Waals surface area contributed by atoms with Gasteiger partial charge in [0.05, 0.1) is 29.0 Å². The van der Waals surface area contributed by atoms with Crippen molar-refractivity contribution in [1.29, 1.82) is 0 Å². The van der Waals surface area contributed by atoms with E-state index >= 15 is 0 Å². The highest BCUT2D eigenvalue weighted by Crippen LogP contribution is 2.15. The van der Waals surface area contributed by atoms with Crippen LogP contribution in [-0.2, 0) is 11.3 Å². The maximum absolute atomic E-state index is 12.5. The van der Waals surface area contributed by atoms with Crippen molar-refractivity contribution in [1.82, 2.24) is 14.5 Å². The molecule has 0 spiro atoms. The number of nitrogens with one attached hydrogen (secondary N) is 1. The first kappa shape index (κ1) is 16.3. The third kappa shape index (κ3) is 3.36. The zero-order valence-electron chi connectivity index (χ0n) is 13.1. The summed E-state index contributed by atoms with van der Waals surface area (Å²) in [4.78, 5) is 39.7. The number of H-pyrrole nitrogens is 1. The minimum atomic E-state index is -0.563. The maximum Gasteiger partial charge on any atom is 0.328 e. The van der Waals surface area contributed by atoms with Crippen LogP contribution in [0.5, 0.6) is 0 Å². The van der Waals surface area contributed by atoms with Gasteiger partial charge in [0.2, 0.25) is 0 Å². The number of aromatic amines is 1. The summed E-state index contributed by atoms with van der Waals surface area (Å²) in [5.74, 6) is 0. The average molecular weight is 334 g/mol. The van der Waals surface area contributed by atoms with E-state index in [0.29, 0.717) is 25.2 Å². The molecule has 0 amide bonds. The number of nitro benzene ring substituents is 1. The standard InChI is InChI=1S/C15H18N4O5/c20-14-12-10-11(19(22)23)2-3-13(12)16-15(21)18(14)5-1-4-17-6-8-24-9-7-17/h2-3,10H,1,4-9H2,(H,16,21). The third-order valence-corrected chi connectivity index (χ3v) is 4.14. The highest BCUT2D eigenvalue weighted by Gasteiger charge is 2.14. The fraction of sp³-hybridized carbons (Fsp3) is 0.467. The summed E-state index contributed by atoms with van der Waals surface area (Å²) in [6, 6.07) is 3.85. The molecule has 2 heterocycles. The molecule has 0 atom stereocenters. The van der Waals surface area contributed by atoms with Crippen LogP contribution in [0.4, 0.5) is 5.69 Å². The molecule has 24 heavy (non-hydrogen) atoms. The van der Waals surface area contributed by atoms with Crippen molar-refractivity contribution in [2.45, 2.75) is 13.0 Å². The van der Waals surface area contributed by atoms with E-state index in [4.69, 9.17) is 4.74 Å². The average Bonchev–Trinajstić information content (AvgIpc) is 2.58. The van der Waals surface area contributed by atoms with Crippen LogP contribution in [0.2, 0.25) is 0 Å². The first-order chi connectivity index (χ1) is 11.6. The number of rotatable bonds is 5. The summed E-state index contributed by atoms with van der Waals surface area (Å²) in [6.07, 6.45) is 0.642. The quantitative estimate of drug-likeness (QED) is 0.623. The van der Waals surface area contributed by atoms with Gasteiger partial charge in [-0.15, -0.1) is 0 Å². The molecule has 1 aromatic carbocycles. The van der Waals surface area contributed by atoms with Crippen LogP contribution in [0.1, 0.15) is 6.42 Å². The second kappa shape index (κ2) is 6.93. The normalized spacial score (nSPS) is 15.7. The Kier molecular flexibility index (Phi) is 4.72. The molecule has 128 valence electrons. The molecule has 9 heteroatoms. The lowest BCUT2D eigenvalue weighted by molar-refractivity contribution is -0.384. The molecule has 1 aliphatic heterocycles. The summed E-state index contributed by atoms with van der Waals surface area (Å²) in [7, 11) is 0. The van der Waals surface area contributed by atoms with Gasteiger partial charge < -0.3 is 9.72 Å². The zero-order valence-corrected chi connectivity index (χ0v) is 13.1. The van der Waals surface area contributed by atoms with Crippen LogP contribution in [0, 0.1) is 10.1 Å². The second-order valence-electron chi connectivity index (χ2n) is 5.68. The molecule has 1 saturated heterocycles. The lowest BCUT2D eigenvalue weighted by Crippen LogP contribution is -2.39. The first-order valence-electron chi connectivity index (χ1n) is 7.77. The Labute approximate surface area is 136 Å². The van der Waals surface area contributed by atoms with E-state index in [1.54, 1.807) is 0 Å². The van der Waals surface area contributed by atoms with E-state index in [0.717, 1.165) is 24.2 Å². The second-order valence-corrected chi connectivity index (χ2v) is 5.68. The number of ether oxygens (including phenoxy) is 1. The fourth-order valence-electron chi connectivity index (χ4n) is 2.83. The Morgan fingerprint density at radius 1 is 1.21 bits per heavy atom. The molecule has 0 unspecified atom stereocenters. The number of aromatic nitrogens is 2. The topological polar surface area (TPSA) is 110 Å². The van der Waals surface area contributed by atoms with Crippen molar-refractivity contribution < 1.29 is 9.66 Å². The summed E-state index contributed by atoms with van der Waals surface area (Å²) in [6.45, 7) is 4.11. The van der Waals surface area contributed by atoms with Crippen molar-refractivity contribution in [3.63, 3.8) is 0 Å². The molecule has 0 saturated carbocycles. The van der Waals surface area contributed by atoms with Gasteiger partial charge in [0.15, 0.2) is 0 Å².